The molecule has 0 aliphatic carbocycles. The quantitative estimate of drug-likeness (QED) is 0.852. The molecule has 0 spiro atoms. The van der Waals surface area contributed by atoms with Crippen molar-refractivity contribution in [2.24, 2.45) is 0 Å². The Balaban J connectivity index is 2.21. The maximum absolute atomic E-state index is 12.2. The van der Waals surface area contributed by atoms with Gasteiger partial charge in [0.2, 0.25) is 0 Å². The van der Waals surface area contributed by atoms with Crippen LogP contribution in [0.15, 0.2) is 42.5 Å². The van der Waals surface area contributed by atoms with Crippen molar-refractivity contribution in [3.05, 3.63) is 58.6 Å². The Labute approximate surface area is 135 Å². The summed E-state index contributed by atoms with van der Waals surface area (Å²) >= 11 is 6.05. The van der Waals surface area contributed by atoms with E-state index >= 15 is 0 Å². The average Bonchev–Trinajstić information content (AvgIpc) is 2.47. The van der Waals surface area contributed by atoms with E-state index in [1.165, 1.54) is 18.2 Å². The van der Waals surface area contributed by atoms with Crippen molar-refractivity contribution in [1.29, 1.82) is 0 Å². The van der Waals surface area contributed by atoms with Crippen LogP contribution in [-0.4, -0.2) is 5.91 Å². The lowest BCUT2D eigenvalue weighted by molar-refractivity contribution is -0.160. The Morgan fingerprint density at radius 1 is 1.27 bits per heavy atom. The Kier molecular flexibility index (Phi) is 5.67. The SMILES string of the molecule is CCCc1cc(Cl)cc(NC(=O)c2cccc([P+](=O)[O-])c2)c1. The molecule has 0 heterocycles. The maximum atomic E-state index is 12.2. The van der Waals surface area contributed by atoms with Gasteiger partial charge in [-0.3, -0.25) is 4.79 Å². The molecular weight excluding hydrogens is 321 g/mol. The highest BCUT2D eigenvalue weighted by Gasteiger charge is 2.12. The molecule has 1 N–H and O–H groups in total. The van der Waals surface area contributed by atoms with Crippen LogP contribution in [0.3, 0.4) is 0 Å². The van der Waals surface area contributed by atoms with Crippen molar-refractivity contribution in [1.82, 2.24) is 0 Å². The maximum Gasteiger partial charge on any atom is 0.348 e. The molecule has 6 heteroatoms. The zero-order valence-electron chi connectivity index (χ0n) is 12.0. The van der Waals surface area contributed by atoms with Crippen LogP contribution in [0.1, 0.15) is 29.3 Å². The van der Waals surface area contributed by atoms with Gasteiger partial charge < -0.3 is 10.2 Å². The molecule has 0 radical (unpaired) electrons. The molecule has 0 aromatic heterocycles. The second-order valence-corrected chi connectivity index (χ2v) is 6.33. The molecule has 114 valence electrons. The van der Waals surface area contributed by atoms with E-state index in [1.54, 1.807) is 12.1 Å². The number of hydrogen-bond acceptors (Lipinski definition) is 3. The number of hydrogen-bond donors (Lipinski definition) is 1. The molecule has 0 bridgehead atoms. The van der Waals surface area contributed by atoms with Gasteiger partial charge in [0.05, 0.1) is 0 Å². The average molecular weight is 336 g/mol. The molecule has 0 saturated carbocycles. The van der Waals surface area contributed by atoms with Crippen LogP contribution in [0.4, 0.5) is 5.69 Å². The van der Waals surface area contributed by atoms with Crippen molar-refractivity contribution >= 4 is 36.5 Å². The summed E-state index contributed by atoms with van der Waals surface area (Å²) < 4.78 is 11.0. The monoisotopic (exact) mass is 335 g/mol. The Morgan fingerprint density at radius 2 is 2.05 bits per heavy atom. The van der Waals surface area contributed by atoms with Crippen LogP contribution in [0.2, 0.25) is 5.02 Å². The summed E-state index contributed by atoms with van der Waals surface area (Å²) in [5.41, 5.74) is 1.92. The first-order valence-corrected chi connectivity index (χ1v) is 8.40. The van der Waals surface area contributed by atoms with Gasteiger partial charge in [-0.05, 0) is 42.3 Å². The molecule has 0 aliphatic rings. The summed E-state index contributed by atoms with van der Waals surface area (Å²) in [5, 5.41) is 3.41. The van der Waals surface area contributed by atoms with Crippen molar-refractivity contribution in [2.45, 2.75) is 19.8 Å². The molecular formula is C16H15ClNO3P. The summed E-state index contributed by atoms with van der Waals surface area (Å²) in [4.78, 5) is 23.2. The van der Waals surface area contributed by atoms with E-state index in [0.717, 1.165) is 18.4 Å². The molecule has 1 atom stereocenters. The standard InChI is InChI=1S/C16H15ClNO3P/c1-2-4-11-7-13(17)10-14(8-11)18-16(19)12-5-3-6-15(9-12)22(20)21/h3,5-10H,2,4H2,1H3,(H,18,19). The summed E-state index contributed by atoms with van der Waals surface area (Å²) in [6.45, 7) is 2.06. The first-order chi connectivity index (χ1) is 10.5. The first-order valence-electron chi connectivity index (χ1n) is 6.85. The van der Waals surface area contributed by atoms with Crippen molar-refractivity contribution in [2.75, 3.05) is 5.32 Å². The highest BCUT2D eigenvalue weighted by molar-refractivity contribution is 7.45. The minimum Gasteiger partial charge on any atom is -0.591 e. The van der Waals surface area contributed by atoms with Gasteiger partial charge in [-0.15, -0.1) is 0 Å². The number of nitrogens with one attached hydrogen (secondary N) is 1. The van der Waals surface area contributed by atoms with Gasteiger partial charge >= 0.3 is 8.03 Å². The van der Waals surface area contributed by atoms with Gasteiger partial charge in [0.25, 0.3) is 5.91 Å². The fourth-order valence-corrected chi connectivity index (χ4v) is 2.83. The number of rotatable bonds is 5. The van der Waals surface area contributed by atoms with Crippen LogP contribution < -0.4 is 15.5 Å². The normalized spacial score (nSPS) is 11.1. The lowest BCUT2D eigenvalue weighted by atomic mass is 10.1. The fourth-order valence-electron chi connectivity index (χ4n) is 2.12. The van der Waals surface area contributed by atoms with E-state index in [2.05, 4.69) is 12.2 Å². The Morgan fingerprint density at radius 3 is 2.73 bits per heavy atom. The fraction of sp³-hybridized carbons (Fsp3) is 0.188. The third kappa shape index (κ3) is 4.38. The Bertz CT molecular complexity index is 718. The molecule has 0 saturated heterocycles. The van der Waals surface area contributed by atoms with E-state index in [9.17, 15) is 14.3 Å². The largest absolute Gasteiger partial charge is 0.591 e. The van der Waals surface area contributed by atoms with Crippen molar-refractivity contribution in [3.63, 3.8) is 0 Å². The number of aryl methyl sites for hydroxylation is 1. The van der Waals surface area contributed by atoms with Crippen LogP contribution >= 0.6 is 19.6 Å². The predicted octanol–water partition coefficient (Wildman–Crippen LogP) is 3.27. The second-order valence-electron chi connectivity index (χ2n) is 4.86. The highest BCUT2D eigenvalue weighted by Crippen LogP contribution is 2.21. The summed E-state index contributed by atoms with van der Waals surface area (Å²) in [5.74, 6) is -0.372. The summed E-state index contributed by atoms with van der Waals surface area (Å²) in [6, 6.07) is 11.3. The molecule has 4 nitrogen and oxygen atoms in total. The number of benzene rings is 2. The van der Waals surface area contributed by atoms with Crippen molar-refractivity contribution in [3.8, 4) is 0 Å². The number of amides is 1. The third-order valence-corrected chi connectivity index (χ3v) is 3.99. The van der Waals surface area contributed by atoms with Gasteiger partial charge in [0, 0.05) is 22.3 Å². The molecule has 2 aromatic rings. The van der Waals surface area contributed by atoms with E-state index in [1.807, 2.05) is 12.1 Å². The first kappa shape index (κ1) is 16.6. The summed E-state index contributed by atoms with van der Waals surface area (Å²) in [6.07, 6.45) is 1.85. The van der Waals surface area contributed by atoms with Gasteiger partial charge in [-0.2, -0.15) is 0 Å². The summed E-state index contributed by atoms with van der Waals surface area (Å²) in [7, 11) is -2.71. The van der Waals surface area contributed by atoms with E-state index in [-0.39, 0.29) is 16.8 Å². The zero-order valence-corrected chi connectivity index (χ0v) is 13.7. The zero-order chi connectivity index (χ0) is 16.1. The number of carbonyl (C=O) groups excluding carboxylic acids is 1. The van der Waals surface area contributed by atoms with Crippen LogP contribution in [0.5, 0.6) is 0 Å². The molecule has 0 fully saturated rings. The highest BCUT2D eigenvalue weighted by atomic mass is 35.5. The van der Waals surface area contributed by atoms with Crippen LogP contribution in [-0.2, 0) is 11.0 Å². The molecule has 2 aromatic carbocycles. The minimum absolute atomic E-state index is 0.111. The molecule has 2 rings (SSSR count). The minimum atomic E-state index is -2.71. The van der Waals surface area contributed by atoms with Crippen molar-refractivity contribution < 1.29 is 14.3 Å². The third-order valence-electron chi connectivity index (χ3n) is 3.07. The van der Waals surface area contributed by atoms with E-state index in [4.69, 9.17) is 11.6 Å². The second kappa shape index (κ2) is 7.50. The lowest BCUT2D eigenvalue weighted by Crippen LogP contribution is -2.15. The smallest absolute Gasteiger partial charge is 0.348 e. The van der Waals surface area contributed by atoms with Gasteiger partial charge in [0.1, 0.15) is 0 Å². The van der Waals surface area contributed by atoms with E-state index in [0.29, 0.717) is 10.7 Å². The molecule has 1 amide bonds. The number of halogens is 1. The van der Waals surface area contributed by atoms with Crippen LogP contribution in [0, 0.1) is 0 Å². The number of carbonyl (C=O) groups is 1. The van der Waals surface area contributed by atoms with Gasteiger partial charge in [-0.1, -0.05) is 35.6 Å². The molecule has 0 aliphatic heterocycles. The topological polar surface area (TPSA) is 69.2 Å². The molecule has 22 heavy (non-hydrogen) atoms. The Hall–Kier alpha value is -1.74. The lowest BCUT2D eigenvalue weighted by Gasteiger charge is -2.08. The number of anilines is 1. The van der Waals surface area contributed by atoms with E-state index < -0.39 is 8.03 Å². The molecule has 1 unspecified atom stereocenters. The van der Waals surface area contributed by atoms with Gasteiger partial charge in [-0.25, -0.2) is 0 Å². The van der Waals surface area contributed by atoms with Gasteiger partial charge in [0.15, 0.2) is 5.30 Å². The van der Waals surface area contributed by atoms with Crippen LogP contribution in [0.25, 0.3) is 0 Å². The predicted molar refractivity (Wildman–Crippen MR) is 87.1 cm³/mol.